The molecule has 0 bridgehead atoms. The van der Waals surface area contributed by atoms with Crippen LogP contribution in [0.25, 0.3) is 0 Å². The Hall–Kier alpha value is -2.18. The summed E-state index contributed by atoms with van der Waals surface area (Å²) in [5.41, 5.74) is 5.41. The van der Waals surface area contributed by atoms with Crippen LogP contribution in [-0.2, 0) is 9.59 Å². The number of hydrogen-bond acceptors (Lipinski definition) is 6. The maximum atomic E-state index is 11.4. The van der Waals surface area contributed by atoms with E-state index in [-0.39, 0.29) is 18.4 Å². The topological polar surface area (TPSA) is 101 Å². The number of piperazine rings is 1. The van der Waals surface area contributed by atoms with Gasteiger partial charge in [0.2, 0.25) is 11.8 Å². The standard InChI is InChI=1S/C9H11N5O2/c1-5-9(16)11-8(15)4-14(5)7-3-2-6(10)12-13-7/h2-3,5H,4H2,1H3,(H2,10,12)(H,11,15,16). The van der Waals surface area contributed by atoms with E-state index in [0.29, 0.717) is 11.6 Å². The van der Waals surface area contributed by atoms with E-state index in [2.05, 4.69) is 15.5 Å². The van der Waals surface area contributed by atoms with E-state index < -0.39 is 6.04 Å². The van der Waals surface area contributed by atoms with Crippen LogP contribution in [0.5, 0.6) is 0 Å². The third kappa shape index (κ3) is 1.79. The molecule has 1 aliphatic rings. The molecule has 1 aromatic heterocycles. The van der Waals surface area contributed by atoms with Crippen molar-refractivity contribution in [1.29, 1.82) is 0 Å². The van der Waals surface area contributed by atoms with E-state index in [4.69, 9.17) is 5.73 Å². The van der Waals surface area contributed by atoms with Gasteiger partial charge in [-0.1, -0.05) is 0 Å². The van der Waals surface area contributed by atoms with Crippen LogP contribution in [0, 0.1) is 0 Å². The number of carbonyl (C=O) groups excluding carboxylic acids is 2. The molecular weight excluding hydrogens is 210 g/mol. The molecule has 84 valence electrons. The zero-order valence-electron chi connectivity index (χ0n) is 8.67. The molecule has 1 aliphatic heterocycles. The highest BCUT2D eigenvalue weighted by Gasteiger charge is 2.31. The number of aromatic nitrogens is 2. The van der Waals surface area contributed by atoms with Gasteiger partial charge in [0, 0.05) is 0 Å². The molecule has 16 heavy (non-hydrogen) atoms. The van der Waals surface area contributed by atoms with E-state index in [0.717, 1.165) is 0 Å². The molecule has 0 aromatic carbocycles. The highest BCUT2D eigenvalue weighted by atomic mass is 16.2. The summed E-state index contributed by atoms with van der Waals surface area (Å²) in [5, 5.41) is 9.77. The second kappa shape index (κ2) is 3.76. The average Bonchev–Trinajstić information content (AvgIpc) is 2.25. The quantitative estimate of drug-likeness (QED) is 0.584. The maximum Gasteiger partial charge on any atom is 0.249 e. The van der Waals surface area contributed by atoms with Gasteiger partial charge in [0.15, 0.2) is 5.82 Å². The number of nitrogens with two attached hydrogens (primary N) is 1. The van der Waals surface area contributed by atoms with Gasteiger partial charge in [-0.25, -0.2) is 0 Å². The van der Waals surface area contributed by atoms with Gasteiger partial charge < -0.3 is 10.6 Å². The Balaban J connectivity index is 2.28. The Kier molecular flexibility index (Phi) is 2.43. The van der Waals surface area contributed by atoms with Crippen LogP contribution in [0.3, 0.4) is 0 Å². The smallest absolute Gasteiger partial charge is 0.249 e. The van der Waals surface area contributed by atoms with Gasteiger partial charge in [0.1, 0.15) is 11.9 Å². The van der Waals surface area contributed by atoms with Gasteiger partial charge >= 0.3 is 0 Å². The average molecular weight is 221 g/mol. The van der Waals surface area contributed by atoms with Gasteiger partial charge in [0.05, 0.1) is 6.54 Å². The van der Waals surface area contributed by atoms with Crippen LogP contribution in [0.15, 0.2) is 12.1 Å². The third-order valence-electron chi connectivity index (χ3n) is 2.39. The van der Waals surface area contributed by atoms with Gasteiger partial charge in [0.25, 0.3) is 0 Å². The molecule has 7 nitrogen and oxygen atoms in total. The molecule has 2 amide bonds. The minimum absolute atomic E-state index is 0.0888. The Morgan fingerprint density at radius 1 is 1.44 bits per heavy atom. The SMILES string of the molecule is CC1C(=O)NC(=O)CN1c1ccc(N)nn1. The largest absolute Gasteiger partial charge is 0.382 e. The van der Waals surface area contributed by atoms with Crippen molar-refractivity contribution in [1.82, 2.24) is 15.5 Å². The Morgan fingerprint density at radius 3 is 2.81 bits per heavy atom. The number of amides is 2. The Morgan fingerprint density at radius 2 is 2.19 bits per heavy atom. The number of anilines is 2. The fourth-order valence-corrected chi connectivity index (χ4v) is 1.48. The molecule has 0 radical (unpaired) electrons. The van der Waals surface area contributed by atoms with Crippen molar-refractivity contribution >= 4 is 23.5 Å². The number of rotatable bonds is 1. The van der Waals surface area contributed by atoms with Crippen molar-refractivity contribution in [2.45, 2.75) is 13.0 Å². The molecule has 1 atom stereocenters. The monoisotopic (exact) mass is 221 g/mol. The normalized spacial score (nSPS) is 20.8. The number of nitrogen functional groups attached to an aromatic ring is 1. The van der Waals surface area contributed by atoms with E-state index in [1.54, 1.807) is 24.0 Å². The van der Waals surface area contributed by atoms with E-state index in [1.165, 1.54) is 0 Å². The first kappa shape index (κ1) is 10.3. The fraction of sp³-hybridized carbons (Fsp3) is 0.333. The lowest BCUT2D eigenvalue weighted by atomic mass is 10.2. The van der Waals surface area contributed by atoms with Gasteiger partial charge in [-0.2, -0.15) is 0 Å². The third-order valence-corrected chi connectivity index (χ3v) is 2.39. The number of nitrogens with zero attached hydrogens (tertiary/aromatic N) is 3. The van der Waals surface area contributed by atoms with Crippen molar-refractivity contribution in [2.75, 3.05) is 17.2 Å². The summed E-state index contributed by atoms with van der Waals surface area (Å²) >= 11 is 0. The molecule has 3 N–H and O–H groups in total. The lowest BCUT2D eigenvalue weighted by molar-refractivity contribution is -0.132. The minimum Gasteiger partial charge on any atom is -0.382 e. The first-order valence-corrected chi connectivity index (χ1v) is 4.77. The summed E-state index contributed by atoms with van der Waals surface area (Å²) < 4.78 is 0. The van der Waals surface area contributed by atoms with Gasteiger partial charge in [-0.05, 0) is 19.1 Å². The van der Waals surface area contributed by atoms with Crippen LogP contribution < -0.4 is 16.0 Å². The van der Waals surface area contributed by atoms with Gasteiger partial charge in [-0.15, -0.1) is 10.2 Å². The lowest BCUT2D eigenvalue weighted by Crippen LogP contribution is -2.57. The first-order valence-electron chi connectivity index (χ1n) is 4.77. The maximum absolute atomic E-state index is 11.4. The highest BCUT2D eigenvalue weighted by molar-refractivity contribution is 6.04. The summed E-state index contributed by atoms with van der Waals surface area (Å²) in [7, 11) is 0. The van der Waals surface area contributed by atoms with E-state index in [9.17, 15) is 9.59 Å². The number of imide groups is 1. The molecule has 0 spiro atoms. The van der Waals surface area contributed by atoms with E-state index in [1.807, 2.05) is 0 Å². The van der Waals surface area contributed by atoms with Crippen molar-refractivity contribution in [3.63, 3.8) is 0 Å². The second-order valence-corrected chi connectivity index (χ2v) is 3.53. The summed E-state index contributed by atoms with van der Waals surface area (Å²) in [6, 6.07) is 2.76. The van der Waals surface area contributed by atoms with E-state index >= 15 is 0 Å². The molecule has 0 saturated carbocycles. The zero-order chi connectivity index (χ0) is 11.7. The predicted octanol–water partition coefficient (Wildman–Crippen LogP) is -1.09. The van der Waals surface area contributed by atoms with Crippen LogP contribution in [0.4, 0.5) is 11.6 Å². The van der Waals surface area contributed by atoms with Crippen LogP contribution >= 0.6 is 0 Å². The first-order chi connectivity index (χ1) is 7.58. The van der Waals surface area contributed by atoms with Crippen molar-refractivity contribution in [3.8, 4) is 0 Å². The zero-order valence-corrected chi connectivity index (χ0v) is 8.67. The minimum atomic E-state index is -0.448. The number of carbonyl (C=O) groups is 2. The van der Waals surface area contributed by atoms with Crippen LogP contribution in [-0.4, -0.2) is 34.6 Å². The highest BCUT2D eigenvalue weighted by Crippen LogP contribution is 2.15. The molecule has 0 aliphatic carbocycles. The molecule has 2 rings (SSSR count). The van der Waals surface area contributed by atoms with Crippen molar-refractivity contribution in [2.24, 2.45) is 0 Å². The predicted molar refractivity (Wildman–Crippen MR) is 56.4 cm³/mol. The van der Waals surface area contributed by atoms with Crippen molar-refractivity contribution in [3.05, 3.63) is 12.1 Å². The Labute approximate surface area is 91.6 Å². The molecule has 7 heteroatoms. The summed E-state index contributed by atoms with van der Waals surface area (Å²) in [4.78, 5) is 24.2. The van der Waals surface area contributed by atoms with Crippen LogP contribution in [0.2, 0.25) is 0 Å². The number of hydrogen-bond donors (Lipinski definition) is 2. The van der Waals surface area contributed by atoms with Crippen LogP contribution in [0.1, 0.15) is 6.92 Å². The lowest BCUT2D eigenvalue weighted by Gasteiger charge is -2.32. The molecule has 1 saturated heterocycles. The van der Waals surface area contributed by atoms with Crippen molar-refractivity contribution < 1.29 is 9.59 Å². The summed E-state index contributed by atoms with van der Waals surface area (Å²) in [6.45, 7) is 1.78. The molecule has 1 unspecified atom stereocenters. The second-order valence-electron chi connectivity index (χ2n) is 3.53. The molecule has 2 heterocycles. The molecule has 1 fully saturated rings. The fourth-order valence-electron chi connectivity index (χ4n) is 1.48. The van der Waals surface area contributed by atoms with Gasteiger partial charge in [-0.3, -0.25) is 14.9 Å². The molecular formula is C9H11N5O2. The summed E-state index contributed by atoms with van der Waals surface area (Å²) in [6.07, 6.45) is 0. The number of nitrogens with one attached hydrogen (secondary N) is 1. The summed E-state index contributed by atoms with van der Waals surface area (Å²) in [5.74, 6) is 0.0747. The molecule has 1 aromatic rings. The Bertz CT molecular complexity index is 430.